The van der Waals surface area contributed by atoms with Crippen LogP contribution in [-0.4, -0.2) is 26.3 Å². The van der Waals surface area contributed by atoms with Crippen molar-refractivity contribution in [1.29, 1.82) is 0 Å². The van der Waals surface area contributed by atoms with Crippen LogP contribution in [0.15, 0.2) is 5.16 Å². The zero-order chi connectivity index (χ0) is 16.1. The minimum absolute atomic E-state index is 0.0311. The molecule has 0 unspecified atom stereocenters. The summed E-state index contributed by atoms with van der Waals surface area (Å²) in [5.41, 5.74) is 0.0311. The molecule has 4 aliphatic carbocycles. The molecule has 4 saturated carbocycles. The molecule has 5 aliphatic rings. The van der Waals surface area contributed by atoms with Crippen LogP contribution in [0.3, 0.4) is 0 Å². The van der Waals surface area contributed by atoms with Crippen LogP contribution in [0.2, 0.25) is 0 Å². The molecule has 6 rings (SSSR count). The second kappa shape index (κ2) is 5.86. The number of Topliss-reactive ketones (excluding diaryl/α,β-unsaturated/α-hetero) is 1. The lowest BCUT2D eigenvalue weighted by atomic mass is 9.48. The van der Waals surface area contributed by atoms with Gasteiger partial charge < -0.3 is 4.57 Å². The number of fused-ring (bicyclic) bond motifs is 1. The summed E-state index contributed by atoms with van der Waals surface area (Å²) in [6.07, 6.45) is 12.5. The van der Waals surface area contributed by atoms with Crippen LogP contribution in [0.5, 0.6) is 0 Å². The maximum atomic E-state index is 13.1. The van der Waals surface area contributed by atoms with E-state index in [2.05, 4.69) is 14.8 Å². The first-order chi connectivity index (χ1) is 11.7. The lowest BCUT2D eigenvalue weighted by molar-refractivity contribution is -0.141. The Morgan fingerprint density at radius 1 is 1.04 bits per heavy atom. The Morgan fingerprint density at radius 3 is 2.46 bits per heavy atom. The van der Waals surface area contributed by atoms with Gasteiger partial charge in [0.15, 0.2) is 5.16 Å². The molecule has 5 heteroatoms. The molecule has 0 radical (unpaired) electrons. The monoisotopic (exact) mass is 345 g/mol. The average molecular weight is 346 g/mol. The predicted molar refractivity (Wildman–Crippen MR) is 93.9 cm³/mol. The fraction of sp³-hybridized carbons (Fsp3) is 0.842. The van der Waals surface area contributed by atoms with Crippen LogP contribution in [0.4, 0.5) is 0 Å². The van der Waals surface area contributed by atoms with Crippen LogP contribution < -0.4 is 0 Å². The molecule has 4 bridgehead atoms. The molecule has 0 spiro atoms. The van der Waals surface area contributed by atoms with Gasteiger partial charge in [0, 0.05) is 18.4 Å². The van der Waals surface area contributed by atoms with E-state index in [0.29, 0.717) is 11.5 Å². The maximum Gasteiger partial charge on any atom is 0.191 e. The highest BCUT2D eigenvalue weighted by molar-refractivity contribution is 7.99. The Morgan fingerprint density at radius 2 is 1.75 bits per heavy atom. The first-order valence-electron chi connectivity index (χ1n) is 9.80. The van der Waals surface area contributed by atoms with Gasteiger partial charge in [-0.05, 0) is 69.1 Å². The minimum atomic E-state index is 0.0311. The first kappa shape index (κ1) is 15.4. The Kier molecular flexibility index (Phi) is 3.76. The van der Waals surface area contributed by atoms with Gasteiger partial charge >= 0.3 is 0 Å². The highest BCUT2D eigenvalue weighted by Gasteiger charge is 2.54. The van der Waals surface area contributed by atoms with Gasteiger partial charge in [-0.3, -0.25) is 4.79 Å². The molecule has 130 valence electrons. The van der Waals surface area contributed by atoms with Crippen molar-refractivity contribution in [2.75, 3.05) is 5.75 Å². The van der Waals surface area contributed by atoms with Gasteiger partial charge in [0.25, 0.3) is 0 Å². The average Bonchev–Trinajstić information content (AvgIpc) is 2.78. The van der Waals surface area contributed by atoms with Crippen molar-refractivity contribution >= 4 is 17.5 Å². The largest absolute Gasteiger partial charge is 0.306 e. The van der Waals surface area contributed by atoms with Crippen LogP contribution in [0.1, 0.15) is 63.6 Å². The van der Waals surface area contributed by atoms with Crippen LogP contribution in [0.25, 0.3) is 0 Å². The van der Waals surface area contributed by atoms with Crippen molar-refractivity contribution in [3.05, 3.63) is 5.82 Å². The number of thioether (sulfide) groups is 1. The minimum Gasteiger partial charge on any atom is -0.306 e. The third kappa shape index (κ3) is 2.54. The summed E-state index contributed by atoms with van der Waals surface area (Å²) in [5, 5.41) is 9.73. The summed E-state index contributed by atoms with van der Waals surface area (Å²) in [6.45, 7) is 1.02. The quantitative estimate of drug-likeness (QED) is 0.777. The SMILES string of the molecule is O=C(CSc1nnc2n1CCCCC2)C12CC3CC(CC(C3)C1)C2. The Hall–Kier alpha value is -0.840. The molecule has 1 aromatic heterocycles. The van der Waals surface area contributed by atoms with Crippen LogP contribution >= 0.6 is 11.8 Å². The van der Waals surface area contributed by atoms with Gasteiger partial charge in [0.1, 0.15) is 11.6 Å². The molecule has 0 amide bonds. The Bertz CT molecular complexity index is 618. The molecule has 0 aromatic carbocycles. The van der Waals surface area contributed by atoms with E-state index in [-0.39, 0.29) is 5.41 Å². The van der Waals surface area contributed by atoms with Crippen LogP contribution in [0, 0.1) is 23.2 Å². The van der Waals surface area contributed by atoms with Gasteiger partial charge in [-0.25, -0.2) is 0 Å². The summed E-state index contributed by atoms with van der Waals surface area (Å²) in [6, 6.07) is 0. The summed E-state index contributed by atoms with van der Waals surface area (Å²) in [7, 11) is 0. The molecule has 0 N–H and O–H groups in total. The van der Waals surface area contributed by atoms with E-state index in [0.717, 1.165) is 41.7 Å². The van der Waals surface area contributed by atoms with E-state index >= 15 is 0 Å². The zero-order valence-corrected chi connectivity index (χ0v) is 15.2. The third-order valence-corrected chi connectivity index (χ3v) is 8.00. The summed E-state index contributed by atoms with van der Waals surface area (Å²) >= 11 is 1.65. The van der Waals surface area contributed by atoms with Gasteiger partial charge in [-0.1, -0.05) is 18.2 Å². The Balaban J connectivity index is 1.29. The van der Waals surface area contributed by atoms with E-state index in [9.17, 15) is 4.79 Å². The molecule has 1 aromatic rings. The number of rotatable bonds is 4. The van der Waals surface area contributed by atoms with Gasteiger partial charge in [-0.2, -0.15) is 0 Å². The summed E-state index contributed by atoms with van der Waals surface area (Å²) < 4.78 is 2.27. The van der Waals surface area contributed by atoms with E-state index in [1.54, 1.807) is 11.8 Å². The van der Waals surface area contributed by atoms with Crippen LogP contribution in [-0.2, 0) is 17.8 Å². The number of aromatic nitrogens is 3. The molecule has 2 heterocycles. The number of ketones is 1. The topological polar surface area (TPSA) is 47.8 Å². The van der Waals surface area contributed by atoms with Crippen molar-refractivity contribution in [3.8, 4) is 0 Å². The number of carbonyl (C=O) groups is 1. The number of hydrogen-bond acceptors (Lipinski definition) is 4. The number of carbonyl (C=O) groups excluding carboxylic acids is 1. The zero-order valence-electron chi connectivity index (χ0n) is 14.4. The van der Waals surface area contributed by atoms with Crippen molar-refractivity contribution in [1.82, 2.24) is 14.8 Å². The highest BCUT2D eigenvalue weighted by atomic mass is 32.2. The molecular formula is C19H27N3OS. The standard InChI is InChI=1S/C19H27N3OS/c23-16(19-9-13-6-14(10-19)8-15(7-13)11-19)12-24-18-21-20-17-4-2-1-3-5-22(17)18/h13-15H,1-12H2. The van der Waals surface area contributed by atoms with E-state index in [1.807, 2.05) is 0 Å². The first-order valence-corrected chi connectivity index (χ1v) is 10.8. The normalized spacial score (nSPS) is 37.2. The van der Waals surface area contributed by atoms with Gasteiger partial charge in [-0.15, -0.1) is 10.2 Å². The smallest absolute Gasteiger partial charge is 0.191 e. The van der Waals surface area contributed by atoms with Crippen molar-refractivity contribution < 1.29 is 4.79 Å². The molecule has 4 nitrogen and oxygen atoms in total. The summed E-state index contributed by atoms with van der Waals surface area (Å²) in [5.74, 6) is 4.76. The van der Waals surface area contributed by atoms with E-state index in [4.69, 9.17) is 0 Å². The van der Waals surface area contributed by atoms with Gasteiger partial charge in [0.05, 0.1) is 5.75 Å². The number of hydrogen-bond donors (Lipinski definition) is 0. The third-order valence-electron chi connectivity index (χ3n) is 7.04. The molecule has 0 atom stereocenters. The van der Waals surface area contributed by atoms with Gasteiger partial charge in [0.2, 0.25) is 0 Å². The molecule has 0 saturated heterocycles. The second-order valence-electron chi connectivity index (χ2n) is 8.77. The van der Waals surface area contributed by atoms with Crippen molar-refractivity contribution in [2.24, 2.45) is 23.2 Å². The molecule has 1 aliphatic heterocycles. The fourth-order valence-electron chi connectivity index (χ4n) is 6.30. The van der Waals surface area contributed by atoms with Crippen molar-refractivity contribution in [2.45, 2.75) is 75.9 Å². The number of aryl methyl sites for hydroxylation is 1. The van der Waals surface area contributed by atoms with Crippen molar-refractivity contribution in [3.63, 3.8) is 0 Å². The second-order valence-corrected chi connectivity index (χ2v) is 9.71. The lowest BCUT2D eigenvalue weighted by Crippen LogP contribution is -2.50. The lowest BCUT2D eigenvalue weighted by Gasteiger charge is -2.56. The van der Waals surface area contributed by atoms with E-state index in [1.165, 1.54) is 57.8 Å². The maximum absolute atomic E-state index is 13.1. The Labute approximate surface area is 148 Å². The fourth-order valence-corrected chi connectivity index (χ4v) is 7.32. The highest BCUT2D eigenvalue weighted by Crippen LogP contribution is 2.60. The predicted octanol–water partition coefficient (Wildman–Crippen LogP) is 3.88. The molecule has 4 fully saturated rings. The number of nitrogens with zero attached hydrogens (tertiary/aromatic N) is 3. The molecular weight excluding hydrogens is 318 g/mol. The van der Waals surface area contributed by atoms with E-state index < -0.39 is 0 Å². The molecule has 24 heavy (non-hydrogen) atoms. The summed E-state index contributed by atoms with van der Waals surface area (Å²) in [4.78, 5) is 13.1.